The zero-order valence-electron chi connectivity index (χ0n) is 5.80. The van der Waals surface area contributed by atoms with E-state index in [1.807, 2.05) is 11.8 Å². The molecule has 0 aromatic carbocycles. The first-order valence-corrected chi connectivity index (χ1v) is 4.44. The lowest BCUT2D eigenvalue weighted by Gasteiger charge is -2.17. The molecular weight excluding hydrogens is 144 g/mol. The number of hydrogen-bond donors (Lipinski definition) is 0. The van der Waals surface area contributed by atoms with E-state index >= 15 is 0 Å². The molecule has 1 aliphatic rings. The Balaban J connectivity index is 2.34. The summed E-state index contributed by atoms with van der Waals surface area (Å²) in [4.78, 5) is 10.9. The van der Waals surface area contributed by atoms with E-state index in [9.17, 15) is 4.79 Å². The van der Waals surface area contributed by atoms with Gasteiger partial charge in [-0.25, -0.2) is 0 Å². The van der Waals surface area contributed by atoms with Crippen LogP contribution in [0.4, 0.5) is 0 Å². The molecule has 1 unspecified atom stereocenters. The van der Waals surface area contributed by atoms with E-state index < -0.39 is 0 Å². The minimum absolute atomic E-state index is 0.374. The number of Topliss-reactive ketones (excluding diaryl/α,β-unsaturated/α-hetero) is 1. The van der Waals surface area contributed by atoms with Crippen LogP contribution in [-0.4, -0.2) is 16.8 Å². The third-order valence-electron chi connectivity index (χ3n) is 1.54. The van der Waals surface area contributed by atoms with Crippen molar-refractivity contribution in [1.82, 2.24) is 0 Å². The Morgan fingerprint density at radius 2 is 2.60 bits per heavy atom. The summed E-state index contributed by atoms with van der Waals surface area (Å²) < 4.78 is 0. The first-order chi connectivity index (χ1) is 4.83. The van der Waals surface area contributed by atoms with Crippen LogP contribution in [0.2, 0.25) is 0 Å². The molecule has 1 aliphatic heterocycles. The zero-order valence-corrected chi connectivity index (χ0v) is 6.62. The Kier molecular flexibility index (Phi) is 2.82. The summed E-state index contributed by atoms with van der Waals surface area (Å²) >= 11 is 1.83. The molecule has 1 fully saturated rings. The molecule has 1 atom stereocenters. The average molecular weight is 154 g/mol. The first-order valence-electron chi connectivity index (χ1n) is 3.39. The topological polar surface area (TPSA) is 17.1 Å². The van der Waals surface area contributed by atoms with Gasteiger partial charge in [0.15, 0.2) is 0 Å². The van der Waals surface area contributed by atoms with Crippen molar-refractivity contribution in [3.63, 3.8) is 0 Å². The van der Waals surface area contributed by atoms with Crippen molar-refractivity contribution < 1.29 is 4.79 Å². The summed E-state index contributed by atoms with van der Waals surface area (Å²) in [6.45, 7) is 0. The maximum Gasteiger partial charge on any atom is 0.134 e. The molecule has 54 valence electrons. The zero-order chi connectivity index (χ0) is 7.40. The van der Waals surface area contributed by atoms with Crippen LogP contribution in [0.15, 0.2) is 0 Å². The van der Waals surface area contributed by atoms with E-state index in [4.69, 9.17) is 6.42 Å². The van der Waals surface area contributed by atoms with Crippen LogP contribution >= 0.6 is 11.8 Å². The fraction of sp³-hybridized carbons (Fsp3) is 0.625. The van der Waals surface area contributed by atoms with Gasteiger partial charge in [0.05, 0.1) is 0 Å². The smallest absolute Gasteiger partial charge is 0.134 e. The molecule has 0 amide bonds. The molecule has 0 radical (unpaired) electrons. The van der Waals surface area contributed by atoms with E-state index in [-0.39, 0.29) is 0 Å². The first kappa shape index (κ1) is 7.68. The van der Waals surface area contributed by atoms with Crippen LogP contribution in [0.5, 0.6) is 0 Å². The number of carbonyl (C=O) groups is 1. The molecule has 0 aliphatic carbocycles. The summed E-state index contributed by atoms with van der Waals surface area (Å²) in [5.74, 6) is 3.92. The van der Waals surface area contributed by atoms with Crippen LogP contribution in [0, 0.1) is 12.3 Å². The van der Waals surface area contributed by atoms with Gasteiger partial charge >= 0.3 is 0 Å². The highest BCUT2D eigenvalue weighted by molar-refractivity contribution is 8.00. The van der Waals surface area contributed by atoms with Gasteiger partial charge in [0.25, 0.3) is 0 Å². The summed E-state index contributed by atoms with van der Waals surface area (Å²) in [5.41, 5.74) is 0. The number of thioether (sulfide) groups is 1. The molecule has 0 bridgehead atoms. The maximum absolute atomic E-state index is 10.9. The molecule has 0 aromatic heterocycles. The molecule has 2 heteroatoms. The fourth-order valence-corrected chi connectivity index (χ4v) is 2.21. The molecular formula is C8H10OS. The summed E-state index contributed by atoms with van der Waals surface area (Å²) in [6.07, 6.45) is 7.31. The Labute approximate surface area is 65.6 Å². The number of hydrogen-bond acceptors (Lipinski definition) is 2. The van der Waals surface area contributed by atoms with Gasteiger partial charge in [-0.1, -0.05) is 0 Å². The van der Waals surface area contributed by atoms with Crippen LogP contribution in [0.25, 0.3) is 0 Å². The summed E-state index contributed by atoms with van der Waals surface area (Å²) in [6, 6.07) is 0. The van der Waals surface area contributed by atoms with E-state index in [0.29, 0.717) is 17.5 Å². The SMILES string of the molecule is C#CCC1CC(=O)CCS1. The van der Waals surface area contributed by atoms with Gasteiger partial charge in [0.1, 0.15) is 5.78 Å². The van der Waals surface area contributed by atoms with Crippen molar-refractivity contribution in [1.29, 1.82) is 0 Å². The van der Waals surface area contributed by atoms with Gasteiger partial charge in [-0.05, 0) is 0 Å². The molecule has 10 heavy (non-hydrogen) atoms. The second-order valence-corrected chi connectivity index (χ2v) is 3.80. The molecule has 1 nitrogen and oxygen atoms in total. The van der Waals surface area contributed by atoms with Crippen molar-refractivity contribution in [2.75, 3.05) is 5.75 Å². The van der Waals surface area contributed by atoms with Crippen LogP contribution < -0.4 is 0 Å². The van der Waals surface area contributed by atoms with Gasteiger partial charge in [0, 0.05) is 30.3 Å². The third-order valence-corrected chi connectivity index (χ3v) is 2.78. The lowest BCUT2D eigenvalue weighted by atomic mass is 10.1. The monoisotopic (exact) mass is 154 g/mol. The van der Waals surface area contributed by atoms with Crippen molar-refractivity contribution >= 4 is 17.5 Å². The fourth-order valence-electron chi connectivity index (χ4n) is 1.02. The van der Waals surface area contributed by atoms with Gasteiger partial charge in [0.2, 0.25) is 0 Å². The molecule has 1 saturated heterocycles. The molecule has 1 heterocycles. The molecule has 0 aromatic rings. The van der Waals surface area contributed by atoms with Gasteiger partial charge < -0.3 is 0 Å². The Bertz CT molecular complexity index is 169. The summed E-state index contributed by atoms with van der Waals surface area (Å²) in [5, 5.41) is 0.409. The lowest BCUT2D eigenvalue weighted by Crippen LogP contribution is -2.17. The maximum atomic E-state index is 10.9. The highest BCUT2D eigenvalue weighted by Crippen LogP contribution is 2.24. The minimum Gasteiger partial charge on any atom is -0.300 e. The average Bonchev–Trinajstić information content (AvgIpc) is 1.88. The summed E-state index contributed by atoms with van der Waals surface area (Å²) in [7, 11) is 0. The van der Waals surface area contributed by atoms with Crippen molar-refractivity contribution in [3.05, 3.63) is 0 Å². The minimum atomic E-state index is 0.374. The van der Waals surface area contributed by atoms with Crippen LogP contribution in [0.1, 0.15) is 19.3 Å². The predicted octanol–water partition coefficient (Wildman–Crippen LogP) is 1.47. The standard InChI is InChI=1S/C8H10OS/c1-2-3-8-6-7(9)4-5-10-8/h1,8H,3-6H2. The Morgan fingerprint density at radius 3 is 3.20 bits per heavy atom. The largest absolute Gasteiger partial charge is 0.300 e. The molecule has 0 spiro atoms. The molecule has 0 saturated carbocycles. The lowest BCUT2D eigenvalue weighted by molar-refractivity contribution is -0.118. The highest BCUT2D eigenvalue weighted by atomic mass is 32.2. The Morgan fingerprint density at radius 1 is 1.80 bits per heavy atom. The number of rotatable bonds is 1. The van der Waals surface area contributed by atoms with E-state index in [1.165, 1.54) is 0 Å². The van der Waals surface area contributed by atoms with Gasteiger partial charge in [-0.15, -0.1) is 12.3 Å². The predicted molar refractivity (Wildman–Crippen MR) is 43.9 cm³/mol. The Hall–Kier alpha value is -0.420. The van der Waals surface area contributed by atoms with Crippen LogP contribution in [0.3, 0.4) is 0 Å². The van der Waals surface area contributed by atoms with Crippen molar-refractivity contribution in [3.8, 4) is 12.3 Å². The second-order valence-electron chi connectivity index (χ2n) is 2.39. The number of ketones is 1. The van der Waals surface area contributed by atoms with Gasteiger partial charge in [-0.2, -0.15) is 11.8 Å². The van der Waals surface area contributed by atoms with Crippen molar-refractivity contribution in [2.24, 2.45) is 0 Å². The van der Waals surface area contributed by atoms with Crippen LogP contribution in [-0.2, 0) is 4.79 Å². The molecule has 0 N–H and O–H groups in total. The third kappa shape index (κ3) is 2.07. The van der Waals surface area contributed by atoms with Gasteiger partial charge in [-0.3, -0.25) is 4.79 Å². The molecule has 1 rings (SSSR count). The van der Waals surface area contributed by atoms with E-state index in [2.05, 4.69) is 5.92 Å². The number of terminal acetylenes is 1. The second kappa shape index (κ2) is 3.68. The number of carbonyl (C=O) groups excluding carboxylic acids is 1. The normalized spacial score (nSPS) is 25.9. The van der Waals surface area contributed by atoms with E-state index in [0.717, 1.165) is 18.6 Å². The quantitative estimate of drug-likeness (QED) is 0.532. The van der Waals surface area contributed by atoms with E-state index in [1.54, 1.807) is 0 Å². The van der Waals surface area contributed by atoms with Crippen molar-refractivity contribution in [2.45, 2.75) is 24.5 Å². The highest BCUT2D eigenvalue weighted by Gasteiger charge is 2.18.